The van der Waals surface area contributed by atoms with Crippen LogP contribution in [0.2, 0.25) is 10.0 Å². The highest BCUT2D eigenvalue weighted by atomic mass is 35.5. The number of methoxy groups -OCH3 is 1. The van der Waals surface area contributed by atoms with E-state index in [0.29, 0.717) is 16.1 Å². The summed E-state index contributed by atoms with van der Waals surface area (Å²) >= 11 is 11.7. The van der Waals surface area contributed by atoms with Gasteiger partial charge in [-0.05, 0) is 35.9 Å². The Morgan fingerprint density at radius 2 is 1.73 bits per heavy atom. The minimum atomic E-state index is -0.983. The van der Waals surface area contributed by atoms with Crippen LogP contribution in [0.25, 0.3) is 0 Å². The summed E-state index contributed by atoms with van der Waals surface area (Å²) in [7, 11) is 1.29. The summed E-state index contributed by atoms with van der Waals surface area (Å²) in [6, 6.07) is 10.8. The monoisotopic (exact) mass is 393 g/mol. The van der Waals surface area contributed by atoms with Crippen LogP contribution in [0.15, 0.2) is 47.6 Å². The summed E-state index contributed by atoms with van der Waals surface area (Å²) in [4.78, 5) is 34.9. The van der Waals surface area contributed by atoms with E-state index < -0.39 is 17.8 Å². The quantitative estimate of drug-likeness (QED) is 0.361. The number of halogens is 2. The van der Waals surface area contributed by atoms with Crippen molar-refractivity contribution in [2.24, 2.45) is 5.10 Å². The van der Waals surface area contributed by atoms with Gasteiger partial charge in [-0.15, -0.1) is 0 Å². The third-order valence-electron chi connectivity index (χ3n) is 3.09. The molecule has 0 aliphatic rings. The molecule has 0 saturated carbocycles. The van der Waals surface area contributed by atoms with Gasteiger partial charge in [0.1, 0.15) is 0 Å². The molecule has 2 rings (SSSR count). The molecule has 26 heavy (non-hydrogen) atoms. The van der Waals surface area contributed by atoms with Crippen molar-refractivity contribution in [3.63, 3.8) is 0 Å². The number of amides is 2. The Hall–Kier alpha value is -2.90. The maximum atomic E-state index is 11.8. The number of ether oxygens (including phenoxy) is 1. The highest BCUT2D eigenvalue weighted by Gasteiger charge is 2.14. The molecule has 2 N–H and O–H groups in total. The van der Waals surface area contributed by atoms with Gasteiger partial charge in [-0.2, -0.15) is 5.10 Å². The number of benzene rings is 2. The highest BCUT2D eigenvalue weighted by Crippen LogP contribution is 2.25. The largest absolute Gasteiger partial charge is 0.465 e. The number of rotatable bonds is 4. The predicted octanol–water partition coefficient (Wildman–Crippen LogP) is 2.87. The number of anilines is 1. The number of hydrogen-bond donors (Lipinski definition) is 2. The standard InChI is InChI=1S/C17H13Cl2N3O4/c1-26-17(25)11-4-2-10(3-5-11)9-20-22-16(24)15(23)21-14-8-12(18)6-7-13(14)19/h2-9H,1H3,(H,21,23)(H,22,24)/b20-9+. The number of hydrogen-bond acceptors (Lipinski definition) is 5. The fourth-order valence-electron chi connectivity index (χ4n) is 1.81. The van der Waals surface area contributed by atoms with Crippen LogP contribution in [-0.4, -0.2) is 31.1 Å². The number of carbonyl (C=O) groups excluding carboxylic acids is 3. The number of hydrazone groups is 1. The molecule has 2 aromatic rings. The molecule has 0 atom stereocenters. The lowest BCUT2D eigenvalue weighted by molar-refractivity contribution is -0.136. The minimum absolute atomic E-state index is 0.210. The zero-order valence-corrected chi connectivity index (χ0v) is 15.0. The van der Waals surface area contributed by atoms with Gasteiger partial charge in [0, 0.05) is 5.02 Å². The molecular weight excluding hydrogens is 381 g/mol. The maximum absolute atomic E-state index is 11.8. The molecule has 0 bridgehead atoms. The first kappa shape index (κ1) is 19.4. The van der Waals surface area contributed by atoms with Crippen LogP contribution >= 0.6 is 23.2 Å². The van der Waals surface area contributed by atoms with Crippen LogP contribution in [0.1, 0.15) is 15.9 Å². The predicted molar refractivity (Wildman–Crippen MR) is 98.6 cm³/mol. The van der Waals surface area contributed by atoms with Crippen LogP contribution in [-0.2, 0) is 14.3 Å². The van der Waals surface area contributed by atoms with Crippen molar-refractivity contribution < 1.29 is 19.1 Å². The molecule has 0 heterocycles. The first-order valence-electron chi connectivity index (χ1n) is 7.18. The lowest BCUT2D eigenvalue weighted by Crippen LogP contribution is -2.32. The van der Waals surface area contributed by atoms with Crippen molar-refractivity contribution in [1.82, 2.24) is 5.43 Å². The second kappa shape index (κ2) is 8.98. The van der Waals surface area contributed by atoms with Gasteiger partial charge in [-0.1, -0.05) is 35.3 Å². The molecule has 0 spiro atoms. The molecule has 2 amide bonds. The molecule has 0 aromatic heterocycles. The molecule has 0 aliphatic carbocycles. The van der Waals surface area contributed by atoms with Gasteiger partial charge in [0.2, 0.25) is 0 Å². The van der Waals surface area contributed by atoms with E-state index in [-0.39, 0.29) is 10.7 Å². The van der Waals surface area contributed by atoms with Gasteiger partial charge in [-0.3, -0.25) is 9.59 Å². The molecule has 7 nitrogen and oxygen atoms in total. The average Bonchev–Trinajstić information content (AvgIpc) is 2.64. The normalized spacial score (nSPS) is 10.4. The van der Waals surface area contributed by atoms with Gasteiger partial charge < -0.3 is 10.1 Å². The fraction of sp³-hybridized carbons (Fsp3) is 0.0588. The number of nitrogens with zero attached hydrogens (tertiary/aromatic N) is 1. The third-order valence-corrected chi connectivity index (χ3v) is 3.66. The van der Waals surface area contributed by atoms with Gasteiger partial charge >= 0.3 is 17.8 Å². The van der Waals surface area contributed by atoms with Crippen molar-refractivity contribution in [3.8, 4) is 0 Å². The lowest BCUT2D eigenvalue weighted by atomic mass is 10.1. The Bertz CT molecular complexity index is 867. The van der Waals surface area contributed by atoms with Crippen LogP contribution in [0.5, 0.6) is 0 Å². The van der Waals surface area contributed by atoms with Gasteiger partial charge in [-0.25, -0.2) is 10.2 Å². The van der Waals surface area contributed by atoms with Crippen LogP contribution in [0.3, 0.4) is 0 Å². The zero-order chi connectivity index (χ0) is 19.1. The fourth-order valence-corrected chi connectivity index (χ4v) is 2.15. The Morgan fingerprint density at radius 1 is 1.04 bits per heavy atom. The van der Waals surface area contributed by atoms with Crippen molar-refractivity contribution in [2.45, 2.75) is 0 Å². The first-order valence-corrected chi connectivity index (χ1v) is 7.94. The molecular formula is C17H13Cl2N3O4. The van der Waals surface area contributed by atoms with E-state index in [2.05, 4.69) is 20.6 Å². The van der Waals surface area contributed by atoms with Crippen LogP contribution < -0.4 is 10.7 Å². The summed E-state index contributed by atoms with van der Waals surface area (Å²) in [6.07, 6.45) is 1.32. The van der Waals surface area contributed by atoms with Gasteiger partial charge in [0.25, 0.3) is 0 Å². The maximum Gasteiger partial charge on any atom is 0.337 e. The summed E-state index contributed by atoms with van der Waals surface area (Å²) in [6.45, 7) is 0. The Labute approximate surface area is 158 Å². The number of esters is 1. The van der Waals surface area contributed by atoms with E-state index in [9.17, 15) is 14.4 Å². The Morgan fingerprint density at radius 3 is 2.38 bits per heavy atom. The zero-order valence-electron chi connectivity index (χ0n) is 13.5. The average molecular weight is 394 g/mol. The molecule has 134 valence electrons. The van der Waals surface area contributed by atoms with E-state index >= 15 is 0 Å². The van der Waals surface area contributed by atoms with E-state index in [1.807, 2.05) is 0 Å². The SMILES string of the molecule is COC(=O)c1ccc(/C=N/NC(=O)C(=O)Nc2cc(Cl)ccc2Cl)cc1. The van der Waals surface area contributed by atoms with Crippen molar-refractivity contribution in [2.75, 3.05) is 12.4 Å². The topological polar surface area (TPSA) is 96.9 Å². The van der Waals surface area contributed by atoms with E-state index in [0.717, 1.165) is 0 Å². The second-order valence-corrected chi connectivity index (χ2v) is 5.73. The molecule has 0 fully saturated rings. The van der Waals surface area contributed by atoms with Crippen molar-refractivity contribution >= 4 is 52.9 Å². The van der Waals surface area contributed by atoms with E-state index in [1.54, 1.807) is 30.3 Å². The summed E-state index contributed by atoms with van der Waals surface area (Å²) < 4.78 is 4.59. The van der Waals surface area contributed by atoms with E-state index in [4.69, 9.17) is 23.2 Å². The highest BCUT2D eigenvalue weighted by molar-refractivity contribution is 6.42. The summed E-state index contributed by atoms with van der Waals surface area (Å²) in [5, 5.41) is 6.61. The number of nitrogens with one attached hydrogen (secondary N) is 2. The van der Waals surface area contributed by atoms with Gasteiger partial charge in [0.05, 0.1) is 29.6 Å². The molecule has 0 unspecified atom stereocenters. The Kier molecular flexibility index (Phi) is 6.71. The first-order chi connectivity index (χ1) is 12.4. The van der Waals surface area contributed by atoms with Crippen molar-refractivity contribution in [1.29, 1.82) is 0 Å². The smallest absolute Gasteiger partial charge is 0.337 e. The summed E-state index contributed by atoms with van der Waals surface area (Å²) in [5.41, 5.74) is 3.28. The molecule has 9 heteroatoms. The third kappa shape index (κ3) is 5.30. The minimum Gasteiger partial charge on any atom is -0.465 e. The van der Waals surface area contributed by atoms with E-state index in [1.165, 1.54) is 25.5 Å². The van der Waals surface area contributed by atoms with Gasteiger partial charge in [0.15, 0.2) is 0 Å². The van der Waals surface area contributed by atoms with Crippen molar-refractivity contribution in [3.05, 3.63) is 63.6 Å². The lowest BCUT2D eigenvalue weighted by Gasteiger charge is -2.06. The molecule has 0 radical (unpaired) electrons. The molecule has 0 aliphatic heterocycles. The van der Waals surface area contributed by atoms with Crippen LogP contribution in [0, 0.1) is 0 Å². The molecule has 0 saturated heterocycles. The summed E-state index contributed by atoms with van der Waals surface area (Å²) in [5.74, 6) is -2.39. The Balaban J connectivity index is 1.93. The number of carbonyl (C=O) groups is 3. The molecule has 2 aromatic carbocycles. The second-order valence-electron chi connectivity index (χ2n) is 4.89. The van der Waals surface area contributed by atoms with Crippen LogP contribution in [0.4, 0.5) is 5.69 Å².